The van der Waals surface area contributed by atoms with Gasteiger partial charge in [-0.15, -0.1) is 0 Å². The third kappa shape index (κ3) is 5.91. The summed E-state index contributed by atoms with van der Waals surface area (Å²) in [6, 6.07) is 0. The first-order valence-electron chi connectivity index (χ1n) is 8.27. The molecule has 0 nitrogen and oxygen atoms in total. The molecule has 0 aliphatic heterocycles. The first-order valence-corrected chi connectivity index (χ1v) is 8.27. The minimum atomic E-state index is 0.329. The summed E-state index contributed by atoms with van der Waals surface area (Å²) in [5.74, 6) is 0. The summed E-state index contributed by atoms with van der Waals surface area (Å²) < 4.78 is 0. The fourth-order valence-corrected chi connectivity index (χ4v) is 3.02. The van der Waals surface area contributed by atoms with Crippen LogP contribution in [0.5, 0.6) is 0 Å². The Morgan fingerprint density at radius 2 is 1.86 bits per heavy atom. The highest BCUT2D eigenvalue weighted by Gasteiger charge is 2.26. The van der Waals surface area contributed by atoms with E-state index >= 15 is 0 Å². The Balaban J connectivity index is 2.78. The summed E-state index contributed by atoms with van der Waals surface area (Å²) in [5, 5.41) is 0. The minimum Gasteiger partial charge on any atom is -0.0819 e. The molecular weight excluding hydrogens is 252 g/mol. The molecule has 0 N–H and O–H groups in total. The summed E-state index contributed by atoms with van der Waals surface area (Å²) in [4.78, 5) is 0. The van der Waals surface area contributed by atoms with Gasteiger partial charge in [-0.2, -0.15) is 0 Å². The third-order valence-corrected chi connectivity index (χ3v) is 4.30. The molecule has 21 heavy (non-hydrogen) atoms. The summed E-state index contributed by atoms with van der Waals surface area (Å²) in [5.41, 5.74) is 6.06. The normalized spacial score (nSPS) is 20.9. The first-order chi connectivity index (χ1) is 9.86. The fraction of sp³-hybridized carbons (Fsp3) is 0.524. The van der Waals surface area contributed by atoms with E-state index in [1.54, 1.807) is 5.57 Å². The molecule has 0 saturated carbocycles. The monoisotopic (exact) mass is 284 g/mol. The standard InChI is InChI=1S/C21H32/c1-7-10-17(2)11-8-12-18(3)14-15-20-19(4)13-9-16-21(20,5)6/h8,10-12,14-15H,7,9,13,16H2,1-6H3/b11-8+,15-14+,17-10-,18-12-. The van der Waals surface area contributed by atoms with Crippen LogP contribution in [-0.2, 0) is 0 Å². The SMILES string of the molecule is CC\C=C(C)/C=C/C=C(C)\C=C\C1=C(C)CCCC1(C)C. The van der Waals surface area contributed by atoms with Crippen LogP contribution < -0.4 is 0 Å². The van der Waals surface area contributed by atoms with Gasteiger partial charge in [-0.3, -0.25) is 0 Å². The molecule has 1 aliphatic carbocycles. The zero-order valence-corrected chi connectivity index (χ0v) is 14.8. The molecule has 0 unspecified atom stereocenters. The summed E-state index contributed by atoms with van der Waals surface area (Å²) in [6.45, 7) is 13.5. The first kappa shape index (κ1) is 17.8. The van der Waals surface area contributed by atoms with Gasteiger partial charge in [-0.05, 0) is 57.4 Å². The van der Waals surface area contributed by atoms with Crippen molar-refractivity contribution < 1.29 is 0 Å². The second kappa shape index (κ2) is 8.22. The molecule has 1 rings (SSSR count). The van der Waals surface area contributed by atoms with Gasteiger partial charge >= 0.3 is 0 Å². The molecule has 0 atom stereocenters. The number of hydrogen-bond donors (Lipinski definition) is 0. The molecule has 0 saturated heterocycles. The van der Waals surface area contributed by atoms with Gasteiger partial charge in [0.2, 0.25) is 0 Å². The Morgan fingerprint density at radius 3 is 2.48 bits per heavy atom. The summed E-state index contributed by atoms with van der Waals surface area (Å²) in [6.07, 6.45) is 18.3. The van der Waals surface area contributed by atoms with Gasteiger partial charge in [0.15, 0.2) is 0 Å². The van der Waals surface area contributed by atoms with Crippen molar-refractivity contribution in [2.24, 2.45) is 5.41 Å². The van der Waals surface area contributed by atoms with E-state index < -0.39 is 0 Å². The molecule has 1 aliphatic rings. The molecule has 0 aromatic rings. The van der Waals surface area contributed by atoms with Gasteiger partial charge in [0.1, 0.15) is 0 Å². The maximum atomic E-state index is 2.37. The van der Waals surface area contributed by atoms with Gasteiger partial charge in [-0.1, -0.05) is 73.9 Å². The van der Waals surface area contributed by atoms with Crippen LogP contribution in [0.2, 0.25) is 0 Å². The lowest BCUT2D eigenvalue weighted by Crippen LogP contribution is -2.19. The Kier molecular flexibility index (Phi) is 6.95. The topological polar surface area (TPSA) is 0 Å². The van der Waals surface area contributed by atoms with E-state index in [0.29, 0.717) is 5.41 Å². The quantitative estimate of drug-likeness (QED) is 0.480. The van der Waals surface area contributed by atoms with E-state index in [1.807, 2.05) is 0 Å². The van der Waals surface area contributed by atoms with Crippen LogP contribution in [0.15, 0.2) is 58.7 Å². The Bertz CT molecular complexity index is 490. The third-order valence-electron chi connectivity index (χ3n) is 4.30. The van der Waals surface area contributed by atoms with Crippen molar-refractivity contribution >= 4 is 0 Å². The molecule has 0 spiro atoms. The summed E-state index contributed by atoms with van der Waals surface area (Å²) in [7, 11) is 0. The van der Waals surface area contributed by atoms with Crippen LogP contribution >= 0.6 is 0 Å². The van der Waals surface area contributed by atoms with Gasteiger partial charge in [0, 0.05) is 0 Å². The highest BCUT2D eigenvalue weighted by Crippen LogP contribution is 2.40. The molecule has 0 heterocycles. The molecule has 0 aromatic heterocycles. The highest BCUT2D eigenvalue weighted by atomic mass is 14.3. The van der Waals surface area contributed by atoms with Crippen LogP contribution in [0.1, 0.15) is 67.2 Å². The molecule has 0 fully saturated rings. The van der Waals surface area contributed by atoms with Crippen molar-refractivity contribution in [3.8, 4) is 0 Å². The van der Waals surface area contributed by atoms with E-state index in [-0.39, 0.29) is 0 Å². The lowest BCUT2D eigenvalue weighted by Gasteiger charge is -2.32. The second-order valence-corrected chi connectivity index (χ2v) is 6.89. The van der Waals surface area contributed by atoms with Gasteiger partial charge in [0.25, 0.3) is 0 Å². The largest absolute Gasteiger partial charge is 0.0819 e. The summed E-state index contributed by atoms with van der Waals surface area (Å²) >= 11 is 0. The van der Waals surface area contributed by atoms with E-state index in [4.69, 9.17) is 0 Å². The Hall–Kier alpha value is -1.30. The molecule has 0 amide bonds. The lowest BCUT2D eigenvalue weighted by molar-refractivity contribution is 0.377. The molecule has 0 radical (unpaired) electrons. The average Bonchev–Trinajstić information content (AvgIpc) is 2.37. The Labute approximate surface area is 132 Å². The van der Waals surface area contributed by atoms with Crippen LogP contribution in [0, 0.1) is 5.41 Å². The van der Waals surface area contributed by atoms with Crippen LogP contribution in [0.4, 0.5) is 0 Å². The number of hydrogen-bond acceptors (Lipinski definition) is 0. The predicted octanol–water partition coefficient (Wildman–Crippen LogP) is 6.93. The smallest absolute Gasteiger partial charge is 0.0104 e. The zero-order valence-electron chi connectivity index (χ0n) is 14.8. The maximum absolute atomic E-state index is 2.37. The molecule has 0 heteroatoms. The van der Waals surface area contributed by atoms with E-state index in [2.05, 4.69) is 78.0 Å². The Morgan fingerprint density at radius 1 is 1.14 bits per heavy atom. The average molecular weight is 284 g/mol. The number of rotatable bonds is 5. The van der Waals surface area contributed by atoms with Gasteiger partial charge < -0.3 is 0 Å². The van der Waals surface area contributed by atoms with Gasteiger partial charge in [-0.25, -0.2) is 0 Å². The van der Waals surface area contributed by atoms with Crippen LogP contribution in [-0.4, -0.2) is 0 Å². The molecular formula is C21H32. The van der Waals surface area contributed by atoms with Crippen LogP contribution in [0.3, 0.4) is 0 Å². The molecule has 0 aromatic carbocycles. The minimum absolute atomic E-state index is 0.329. The highest BCUT2D eigenvalue weighted by molar-refractivity contribution is 5.37. The van der Waals surface area contributed by atoms with Crippen molar-refractivity contribution in [3.63, 3.8) is 0 Å². The maximum Gasteiger partial charge on any atom is -0.0104 e. The van der Waals surface area contributed by atoms with Crippen molar-refractivity contribution in [3.05, 3.63) is 58.7 Å². The van der Waals surface area contributed by atoms with Crippen molar-refractivity contribution in [2.45, 2.75) is 67.2 Å². The van der Waals surface area contributed by atoms with E-state index in [1.165, 1.54) is 36.0 Å². The van der Waals surface area contributed by atoms with Crippen molar-refractivity contribution in [1.29, 1.82) is 0 Å². The number of allylic oxidation sites excluding steroid dienone is 10. The second-order valence-electron chi connectivity index (χ2n) is 6.89. The van der Waals surface area contributed by atoms with Crippen LogP contribution in [0.25, 0.3) is 0 Å². The van der Waals surface area contributed by atoms with Crippen molar-refractivity contribution in [2.75, 3.05) is 0 Å². The van der Waals surface area contributed by atoms with E-state index in [0.717, 1.165) is 6.42 Å². The van der Waals surface area contributed by atoms with Gasteiger partial charge in [0.05, 0.1) is 0 Å². The fourth-order valence-electron chi connectivity index (χ4n) is 3.02. The molecule has 0 bridgehead atoms. The predicted molar refractivity (Wildman–Crippen MR) is 96.4 cm³/mol. The lowest BCUT2D eigenvalue weighted by atomic mass is 9.72. The molecule has 116 valence electrons. The zero-order chi connectivity index (χ0) is 15.9. The van der Waals surface area contributed by atoms with Crippen molar-refractivity contribution in [1.82, 2.24) is 0 Å². The van der Waals surface area contributed by atoms with E-state index in [9.17, 15) is 0 Å².